The van der Waals surface area contributed by atoms with Crippen molar-refractivity contribution in [2.45, 2.75) is 19.3 Å². The van der Waals surface area contributed by atoms with E-state index >= 15 is 0 Å². The van der Waals surface area contributed by atoms with Gasteiger partial charge in [-0.05, 0) is 23.6 Å². The molecule has 4 rings (SSSR count). The van der Waals surface area contributed by atoms with E-state index in [1.165, 1.54) is 0 Å². The van der Waals surface area contributed by atoms with Gasteiger partial charge in [-0.15, -0.1) is 0 Å². The summed E-state index contributed by atoms with van der Waals surface area (Å²) in [6.07, 6.45) is 2.63. The standard InChI is InChI=1S/C18H18F2N2/c1-2-13-14(12-6-4-3-5-7-12)8-9-21-17(13)22-10-15-16(11-22)18(15,19)20/h3-9,15-16H,2,10-11H2,1H3. The van der Waals surface area contributed by atoms with Crippen molar-refractivity contribution in [1.82, 2.24) is 4.98 Å². The van der Waals surface area contributed by atoms with Crippen LogP contribution in [0.4, 0.5) is 14.6 Å². The zero-order valence-corrected chi connectivity index (χ0v) is 12.5. The van der Waals surface area contributed by atoms with Gasteiger partial charge in [0.2, 0.25) is 0 Å². The number of alkyl halides is 2. The van der Waals surface area contributed by atoms with E-state index in [4.69, 9.17) is 0 Å². The first kappa shape index (κ1) is 13.7. The Morgan fingerprint density at radius 1 is 1.14 bits per heavy atom. The fourth-order valence-electron chi connectivity index (χ4n) is 3.67. The molecule has 1 saturated carbocycles. The van der Waals surface area contributed by atoms with Gasteiger partial charge < -0.3 is 4.90 Å². The molecule has 0 radical (unpaired) electrons. The highest BCUT2D eigenvalue weighted by Crippen LogP contribution is 2.59. The molecule has 4 heteroatoms. The van der Waals surface area contributed by atoms with Crippen molar-refractivity contribution in [3.05, 3.63) is 48.2 Å². The quantitative estimate of drug-likeness (QED) is 0.851. The Kier molecular flexibility index (Phi) is 2.96. The molecule has 114 valence electrons. The van der Waals surface area contributed by atoms with Gasteiger partial charge in [0.1, 0.15) is 5.82 Å². The summed E-state index contributed by atoms with van der Waals surface area (Å²) in [5.74, 6) is -2.51. The summed E-state index contributed by atoms with van der Waals surface area (Å²) in [5.41, 5.74) is 3.46. The lowest BCUT2D eigenvalue weighted by Crippen LogP contribution is -2.29. The molecule has 1 saturated heterocycles. The summed E-state index contributed by atoms with van der Waals surface area (Å²) in [6, 6.07) is 12.2. The number of benzene rings is 1. The number of rotatable bonds is 3. The molecule has 2 fully saturated rings. The average molecular weight is 300 g/mol. The van der Waals surface area contributed by atoms with Crippen LogP contribution in [0.1, 0.15) is 12.5 Å². The van der Waals surface area contributed by atoms with Gasteiger partial charge in [-0.3, -0.25) is 0 Å². The first-order valence-corrected chi connectivity index (χ1v) is 7.79. The van der Waals surface area contributed by atoms with Gasteiger partial charge in [-0.1, -0.05) is 37.3 Å². The van der Waals surface area contributed by atoms with Crippen LogP contribution in [-0.2, 0) is 6.42 Å². The third-order valence-electron chi connectivity index (χ3n) is 4.97. The van der Waals surface area contributed by atoms with Gasteiger partial charge in [0.25, 0.3) is 5.92 Å². The highest BCUT2D eigenvalue weighted by atomic mass is 19.3. The zero-order chi connectivity index (χ0) is 15.3. The second kappa shape index (κ2) is 4.77. The topological polar surface area (TPSA) is 16.1 Å². The van der Waals surface area contributed by atoms with Crippen LogP contribution in [0.3, 0.4) is 0 Å². The maximum Gasteiger partial charge on any atom is 0.258 e. The lowest BCUT2D eigenvalue weighted by Gasteiger charge is -2.24. The maximum atomic E-state index is 13.4. The van der Waals surface area contributed by atoms with Crippen molar-refractivity contribution in [2.24, 2.45) is 11.8 Å². The SMILES string of the molecule is CCc1c(-c2ccccc2)ccnc1N1CC2C(C1)C2(F)F. The van der Waals surface area contributed by atoms with Crippen molar-refractivity contribution in [1.29, 1.82) is 0 Å². The third kappa shape index (κ3) is 1.93. The van der Waals surface area contributed by atoms with Crippen molar-refractivity contribution in [3.8, 4) is 11.1 Å². The summed E-state index contributed by atoms with van der Waals surface area (Å²) < 4.78 is 26.8. The highest BCUT2D eigenvalue weighted by Gasteiger charge is 2.71. The molecular weight excluding hydrogens is 282 g/mol. The fraction of sp³-hybridized carbons (Fsp3) is 0.389. The van der Waals surface area contributed by atoms with Crippen molar-refractivity contribution < 1.29 is 8.78 Å². The van der Waals surface area contributed by atoms with E-state index in [1.54, 1.807) is 6.20 Å². The lowest BCUT2D eigenvalue weighted by molar-refractivity contribution is 0.0797. The summed E-state index contributed by atoms with van der Waals surface area (Å²) in [6.45, 7) is 2.95. The van der Waals surface area contributed by atoms with Crippen LogP contribution in [0.2, 0.25) is 0 Å². The molecular formula is C18H18F2N2. The lowest BCUT2D eigenvalue weighted by atomic mass is 9.99. The van der Waals surface area contributed by atoms with Crippen LogP contribution in [-0.4, -0.2) is 24.0 Å². The van der Waals surface area contributed by atoms with Crippen molar-refractivity contribution in [2.75, 3.05) is 18.0 Å². The number of aromatic nitrogens is 1. The van der Waals surface area contributed by atoms with Crippen LogP contribution < -0.4 is 4.90 Å². The Labute approximate surface area is 128 Å². The van der Waals surface area contributed by atoms with Crippen LogP contribution in [0.5, 0.6) is 0 Å². The van der Waals surface area contributed by atoms with E-state index < -0.39 is 17.8 Å². The molecule has 2 heterocycles. The van der Waals surface area contributed by atoms with Gasteiger partial charge in [-0.2, -0.15) is 0 Å². The number of anilines is 1. The molecule has 2 unspecified atom stereocenters. The van der Waals surface area contributed by atoms with E-state index in [0.29, 0.717) is 13.1 Å². The Morgan fingerprint density at radius 3 is 2.45 bits per heavy atom. The van der Waals surface area contributed by atoms with E-state index in [2.05, 4.69) is 24.0 Å². The molecule has 2 atom stereocenters. The smallest absolute Gasteiger partial charge is 0.258 e. The molecule has 0 amide bonds. The molecule has 22 heavy (non-hydrogen) atoms. The molecule has 2 nitrogen and oxygen atoms in total. The van der Waals surface area contributed by atoms with E-state index in [9.17, 15) is 8.78 Å². The molecule has 1 aliphatic carbocycles. The number of fused-ring (bicyclic) bond motifs is 1. The molecule has 0 N–H and O–H groups in total. The Hall–Kier alpha value is -1.97. The number of hydrogen-bond donors (Lipinski definition) is 0. The largest absolute Gasteiger partial charge is 0.355 e. The normalized spacial score (nSPS) is 25.1. The van der Waals surface area contributed by atoms with Crippen LogP contribution >= 0.6 is 0 Å². The maximum absolute atomic E-state index is 13.4. The van der Waals surface area contributed by atoms with Crippen molar-refractivity contribution >= 4 is 5.82 Å². The predicted molar refractivity (Wildman–Crippen MR) is 83.2 cm³/mol. The molecule has 0 spiro atoms. The van der Waals surface area contributed by atoms with E-state index in [-0.39, 0.29) is 0 Å². The van der Waals surface area contributed by atoms with E-state index in [0.717, 1.165) is 28.9 Å². The molecule has 2 aliphatic rings. The van der Waals surface area contributed by atoms with Gasteiger partial charge in [-0.25, -0.2) is 13.8 Å². The summed E-state index contributed by atoms with van der Waals surface area (Å²) in [5, 5.41) is 0. The van der Waals surface area contributed by atoms with Crippen LogP contribution in [0.25, 0.3) is 11.1 Å². The predicted octanol–water partition coefficient (Wildman–Crippen LogP) is 4.01. The van der Waals surface area contributed by atoms with Crippen LogP contribution in [0.15, 0.2) is 42.6 Å². The Bertz CT molecular complexity index is 685. The summed E-state index contributed by atoms with van der Waals surface area (Å²) in [7, 11) is 0. The number of pyridine rings is 1. The molecule has 1 aliphatic heterocycles. The van der Waals surface area contributed by atoms with Gasteiger partial charge in [0.05, 0.1) is 11.8 Å². The fourth-order valence-corrected chi connectivity index (χ4v) is 3.67. The summed E-state index contributed by atoms with van der Waals surface area (Å²) in [4.78, 5) is 6.54. The first-order chi connectivity index (χ1) is 10.6. The average Bonchev–Trinajstić information content (AvgIpc) is 2.93. The number of halogens is 2. The zero-order valence-electron chi connectivity index (χ0n) is 12.5. The number of piperidine rings is 1. The third-order valence-corrected chi connectivity index (χ3v) is 4.97. The van der Waals surface area contributed by atoms with E-state index in [1.807, 2.05) is 29.2 Å². The first-order valence-electron chi connectivity index (χ1n) is 7.79. The van der Waals surface area contributed by atoms with Gasteiger partial charge in [0.15, 0.2) is 0 Å². The monoisotopic (exact) mass is 300 g/mol. The second-order valence-corrected chi connectivity index (χ2v) is 6.17. The Morgan fingerprint density at radius 2 is 1.82 bits per heavy atom. The molecule has 2 aromatic rings. The van der Waals surface area contributed by atoms with Gasteiger partial charge in [0, 0.05) is 24.8 Å². The van der Waals surface area contributed by atoms with Crippen molar-refractivity contribution in [3.63, 3.8) is 0 Å². The Balaban J connectivity index is 1.70. The number of nitrogens with zero attached hydrogens (tertiary/aromatic N) is 2. The minimum atomic E-state index is -2.44. The minimum absolute atomic E-state index is 0.426. The highest BCUT2D eigenvalue weighted by molar-refractivity contribution is 5.72. The molecule has 1 aromatic carbocycles. The second-order valence-electron chi connectivity index (χ2n) is 6.17. The molecule has 1 aromatic heterocycles. The summed E-state index contributed by atoms with van der Waals surface area (Å²) >= 11 is 0. The number of hydrogen-bond acceptors (Lipinski definition) is 2. The molecule has 0 bridgehead atoms. The van der Waals surface area contributed by atoms with Gasteiger partial charge >= 0.3 is 0 Å². The minimum Gasteiger partial charge on any atom is -0.355 e. The van der Waals surface area contributed by atoms with Crippen LogP contribution in [0, 0.1) is 11.8 Å².